The van der Waals surface area contributed by atoms with Crippen LogP contribution in [0.15, 0.2) is 29.3 Å². The van der Waals surface area contributed by atoms with Crippen molar-refractivity contribution in [2.45, 2.75) is 52.6 Å². The lowest BCUT2D eigenvalue weighted by molar-refractivity contribution is 0.0610. The molecule has 32 heavy (non-hydrogen) atoms. The topological polar surface area (TPSA) is 103 Å². The monoisotopic (exact) mass is 479 g/mol. The van der Waals surface area contributed by atoms with Gasteiger partial charge < -0.3 is 26.0 Å². The molecule has 5 N–H and O–H groups in total. The molecule has 0 aromatic heterocycles. The molecule has 1 aliphatic rings. The third-order valence-corrected chi connectivity index (χ3v) is 6.91. The first-order valence-electron chi connectivity index (χ1n) is 10.6. The van der Waals surface area contributed by atoms with Gasteiger partial charge in [-0.3, -0.25) is 0 Å². The third-order valence-electron chi connectivity index (χ3n) is 5.96. The first-order chi connectivity index (χ1) is 14.7. The molecule has 6 nitrogen and oxygen atoms in total. The molecule has 0 bridgehead atoms. The zero-order valence-corrected chi connectivity index (χ0v) is 20.9. The molecule has 1 aliphatic heterocycles. The van der Waals surface area contributed by atoms with Gasteiger partial charge in [0.05, 0.1) is 12.3 Å². The summed E-state index contributed by atoms with van der Waals surface area (Å²) in [6, 6.07) is 7.38. The van der Waals surface area contributed by atoms with Gasteiger partial charge in [-0.25, -0.2) is 4.99 Å². The highest BCUT2D eigenvalue weighted by Gasteiger charge is 2.34. The van der Waals surface area contributed by atoms with E-state index in [2.05, 4.69) is 11.9 Å². The molecule has 0 spiro atoms. The standard InChI is InChI=1S/C24H33N3O3S.ClH/c1-15-16(2)22-20(17(3)21(15)28)9-10-24(4,30-22)11-13-31-14-12-29-19-7-5-18(6-8-19)27-23(25)26;/h5-8,28H,9-14H2,1-4H3,(H4,25,26,27);1H. The molecule has 1 unspecified atom stereocenters. The van der Waals surface area contributed by atoms with Crippen molar-refractivity contribution < 1.29 is 14.6 Å². The Kier molecular flexibility index (Phi) is 8.98. The van der Waals surface area contributed by atoms with Gasteiger partial charge in [-0.1, -0.05) is 0 Å². The van der Waals surface area contributed by atoms with Crippen molar-refractivity contribution >= 4 is 35.8 Å². The average molecular weight is 480 g/mol. The second-order valence-corrected chi connectivity index (χ2v) is 9.55. The molecule has 0 aliphatic carbocycles. The van der Waals surface area contributed by atoms with Gasteiger partial charge in [0, 0.05) is 11.3 Å². The predicted molar refractivity (Wildman–Crippen MR) is 136 cm³/mol. The highest BCUT2D eigenvalue weighted by molar-refractivity contribution is 7.99. The lowest BCUT2D eigenvalue weighted by Crippen LogP contribution is -2.37. The predicted octanol–water partition coefficient (Wildman–Crippen LogP) is 4.93. The molecular weight excluding hydrogens is 446 g/mol. The highest BCUT2D eigenvalue weighted by atomic mass is 35.5. The number of thioether (sulfide) groups is 1. The lowest BCUT2D eigenvalue weighted by Gasteiger charge is -2.38. The molecule has 1 atom stereocenters. The van der Waals surface area contributed by atoms with Gasteiger partial charge >= 0.3 is 0 Å². The first-order valence-corrected chi connectivity index (χ1v) is 11.8. The van der Waals surface area contributed by atoms with Gasteiger partial charge in [0.25, 0.3) is 0 Å². The number of phenols is 1. The van der Waals surface area contributed by atoms with E-state index in [0.717, 1.165) is 64.5 Å². The van der Waals surface area contributed by atoms with E-state index in [9.17, 15) is 5.11 Å². The second kappa shape index (κ2) is 11.1. The summed E-state index contributed by atoms with van der Waals surface area (Å²) in [7, 11) is 0. The zero-order chi connectivity index (χ0) is 22.6. The zero-order valence-electron chi connectivity index (χ0n) is 19.2. The largest absolute Gasteiger partial charge is 0.507 e. The van der Waals surface area contributed by atoms with Crippen LogP contribution in [0.2, 0.25) is 0 Å². The van der Waals surface area contributed by atoms with E-state index in [1.807, 2.05) is 56.8 Å². The van der Waals surface area contributed by atoms with Crippen molar-refractivity contribution in [2.75, 3.05) is 18.1 Å². The number of benzene rings is 2. The van der Waals surface area contributed by atoms with Crippen LogP contribution in [0.25, 0.3) is 0 Å². The summed E-state index contributed by atoms with van der Waals surface area (Å²) in [6.45, 7) is 8.81. The summed E-state index contributed by atoms with van der Waals surface area (Å²) in [4.78, 5) is 3.99. The van der Waals surface area contributed by atoms with E-state index in [-0.39, 0.29) is 24.0 Å². The Labute approximate surface area is 201 Å². The van der Waals surface area contributed by atoms with Crippen LogP contribution in [0.4, 0.5) is 5.69 Å². The quantitative estimate of drug-likeness (QED) is 0.282. The first kappa shape index (κ1) is 26.0. The fourth-order valence-corrected chi connectivity index (χ4v) is 4.83. The molecule has 176 valence electrons. The highest BCUT2D eigenvalue weighted by Crippen LogP contribution is 2.44. The van der Waals surface area contributed by atoms with Crippen LogP contribution in [0.1, 0.15) is 42.0 Å². The van der Waals surface area contributed by atoms with Gasteiger partial charge in [-0.05, 0) is 93.7 Å². The minimum Gasteiger partial charge on any atom is -0.507 e. The van der Waals surface area contributed by atoms with Crippen LogP contribution in [0.3, 0.4) is 0 Å². The van der Waals surface area contributed by atoms with Gasteiger partial charge in [0.15, 0.2) is 5.96 Å². The number of nitrogens with two attached hydrogens (primary N) is 2. The van der Waals surface area contributed by atoms with Gasteiger partial charge in [-0.15, -0.1) is 12.4 Å². The number of aromatic hydroxyl groups is 1. The summed E-state index contributed by atoms with van der Waals surface area (Å²) in [6.07, 6.45) is 2.88. The van der Waals surface area contributed by atoms with Crippen LogP contribution in [-0.4, -0.2) is 34.8 Å². The van der Waals surface area contributed by atoms with Crippen LogP contribution in [-0.2, 0) is 6.42 Å². The Morgan fingerprint density at radius 1 is 1.12 bits per heavy atom. The van der Waals surface area contributed by atoms with Gasteiger partial charge in [-0.2, -0.15) is 11.8 Å². The molecule has 1 heterocycles. The van der Waals surface area contributed by atoms with Crippen LogP contribution in [0.5, 0.6) is 17.2 Å². The van der Waals surface area contributed by atoms with E-state index < -0.39 is 0 Å². The molecule has 0 amide bonds. The normalized spacial score (nSPS) is 17.0. The number of nitrogens with zero attached hydrogens (tertiary/aromatic N) is 1. The summed E-state index contributed by atoms with van der Waals surface area (Å²) >= 11 is 1.87. The van der Waals surface area contributed by atoms with E-state index >= 15 is 0 Å². The van der Waals surface area contributed by atoms with Gasteiger partial charge in [0.1, 0.15) is 22.8 Å². The summed E-state index contributed by atoms with van der Waals surface area (Å²) < 4.78 is 12.3. The maximum atomic E-state index is 10.3. The summed E-state index contributed by atoms with van der Waals surface area (Å²) in [5.74, 6) is 4.15. The Hall–Kier alpha value is -2.25. The van der Waals surface area contributed by atoms with E-state index in [1.54, 1.807) is 0 Å². The molecule has 2 aromatic rings. The second-order valence-electron chi connectivity index (χ2n) is 8.32. The molecule has 0 radical (unpaired) electrons. The molecule has 0 saturated heterocycles. The number of rotatable bonds is 8. The number of fused-ring (bicyclic) bond motifs is 1. The van der Waals surface area contributed by atoms with Crippen LogP contribution >= 0.6 is 24.2 Å². The van der Waals surface area contributed by atoms with Crippen molar-refractivity contribution in [1.29, 1.82) is 0 Å². The Morgan fingerprint density at radius 2 is 1.81 bits per heavy atom. The summed E-state index contributed by atoms with van der Waals surface area (Å²) in [5, 5.41) is 10.3. The van der Waals surface area contributed by atoms with Crippen molar-refractivity contribution in [3.63, 3.8) is 0 Å². The Bertz CT molecular complexity index is 962. The lowest BCUT2D eigenvalue weighted by atomic mass is 9.86. The van der Waals surface area contributed by atoms with Crippen molar-refractivity contribution in [3.05, 3.63) is 46.5 Å². The molecule has 2 aromatic carbocycles. The number of halogens is 1. The number of guanidine groups is 1. The third kappa shape index (κ3) is 6.17. The van der Waals surface area contributed by atoms with E-state index in [4.69, 9.17) is 20.9 Å². The number of ether oxygens (including phenoxy) is 2. The molecule has 0 fully saturated rings. The van der Waals surface area contributed by atoms with Crippen molar-refractivity contribution in [3.8, 4) is 17.2 Å². The molecular formula is C24H34ClN3O3S. The molecule has 3 rings (SSSR count). The fraction of sp³-hybridized carbons (Fsp3) is 0.458. The van der Waals surface area contributed by atoms with E-state index in [1.165, 1.54) is 0 Å². The maximum Gasteiger partial charge on any atom is 0.191 e. The minimum atomic E-state index is -0.178. The van der Waals surface area contributed by atoms with Crippen LogP contribution in [0, 0.1) is 20.8 Å². The maximum absolute atomic E-state index is 10.3. The molecule has 0 saturated carbocycles. The SMILES string of the molecule is Cc1c(C)c2c(c(C)c1O)CCC(C)(CCSCCOc1ccc(N=C(N)N)cc1)O2.Cl. The minimum absolute atomic E-state index is 0. The van der Waals surface area contributed by atoms with Crippen LogP contribution < -0.4 is 20.9 Å². The number of phenolic OH excluding ortho intramolecular Hbond substituents is 1. The number of hydrogen-bond donors (Lipinski definition) is 3. The number of hydrogen-bond acceptors (Lipinski definition) is 5. The van der Waals surface area contributed by atoms with E-state index in [0.29, 0.717) is 18.0 Å². The summed E-state index contributed by atoms with van der Waals surface area (Å²) in [5.41, 5.74) is 15.4. The smallest absolute Gasteiger partial charge is 0.191 e. The van der Waals surface area contributed by atoms with Crippen molar-refractivity contribution in [1.82, 2.24) is 0 Å². The Morgan fingerprint density at radius 3 is 2.47 bits per heavy atom. The average Bonchev–Trinajstić information content (AvgIpc) is 2.74. The molecule has 8 heteroatoms. The van der Waals surface area contributed by atoms with Gasteiger partial charge in [0.2, 0.25) is 0 Å². The Balaban J connectivity index is 0.00000363. The number of aliphatic imine (C=N–C) groups is 1. The fourth-order valence-electron chi connectivity index (χ4n) is 3.85. The van der Waals surface area contributed by atoms with Crippen molar-refractivity contribution in [2.24, 2.45) is 16.5 Å².